The zero-order valence-corrected chi connectivity index (χ0v) is 18.0. The molecule has 3 aromatic rings. The van der Waals surface area contributed by atoms with Gasteiger partial charge in [0.2, 0.25) is 23.2 Å². The van der Waals surface area contributed by atoms with Crippen molar-refractivity contribution in [3.8, 4) is 22.9 Å². The number of aromatic nitrogens is 3. The summed E-state index contributed by atoms with van der Waals surface area (Å²) in [5, 5.41) is 9.04. The molecule has 9 heteroatoms. The smallest absolute Gasteiger partial charge is 0.308 e. The Morgan fingerprint density at radius 1 is 1.13 bits per heavy atom. The van der Waals surface area contributed by atoms with E-state index in [4.69, 9.17) is 9.47 Å². The lowest BCUT2D eigenvalue weighted by Crippen LogP contribution is -2.36. The molecule has 2 aromatic carbocycles. The summed E-state index contributed by atoms with van der Waals surface area (Å²) in [5.74, 6) is 0.767. The molecule has 0 unspecified atom stereocenters. The molecule has 0 fully saturated rings. The molecule has 1 atom stereocenters. The minimum atomic E-state index is -0.841. The number of rotatable bonds is 4. The number of para-hydroxylation sites is 1. The number of nitrogens with zero attached hydrogens (tertiary/aromatic N) is 4. The van der Waals surface area contributed by atoms with Crippen LogP contribution in [0.5, 0.6) is 11.6 Å². The second-order valence-electron chi connectivity index (χ2n) is 6.72. The molecule has 31 heavy (non-hydrogen) atoms. The number of ether oxygens (including phenoxy) is 2. The third kappa shape index (κ3) is 4.22. The van der Waals surface area contributed by atoms with E-state index >= 15 is 0 Å². The normalized spacial score (nSPS) is 14.7. The molecule has 1 aliphatic heterocycles. The Kier molecular flexibility index (Phi) is 5.85. The third-order valence-electron chi connectivity index (χ3n) is 4.53. The quantitative estimate of drug-likeness (QED) is 0.344. The van der Waals surface area contributed by atoms with Crippen LogP contribution in [0.4, 0.5) is 5.69 Å². The summed E-state index contributed by atoms with van der Waals surface area (Å²) < 4.78 is 11.5. The molecule has 0 N–H and O–H groups in total. The lowest BCUT2D eigenvalue weighted by Gasteiger charge is -2.30. The van der Waals surface area contributed by atoms with Crippen LogP contribution in [0.1, 0.15) is 32.6 Å². The van der Waals surface area contributed by atoms with Gasteiger partial charge in [0, 0.05) is 25.0 Å². The van der Waals surface area contributed by atoms with E-state index in [1.54, 1.807) is 24.3 Å². The standard InChI is InChI=1S/C22H20N4O4S/c1-4-31-22-23-20-19(24-25-22)17-10-5-6-11-18(17)26(13(2)27)21(30-20)15-8-7-9-16(12-15)29-14(3)28/h5-12,21H,4H2,1-3H3/t21-/m1/s1. The molecule has 0 radical (unpaired) electrons. The Balaban J connectivity index is 1.90. The Bertz CT molecular complexity index is 1150. The second-order valence-corrected chi connectivity index (χ2v) is 7.95. The number of benzene rings is 2. The van der Waals surface area contributed by atoms with Gasteiger partial charge < -0.3 is 9.47 Å². The van der Waals surface area contributed by atoms with Crippen LogP contribution in [0.2, 0.25) is 0 Å². The van der Waals surface area contributed by atoms with E-state index in [2.05, 4.69) is 15.2 Å². The Labute approximate surface area is 183 Å². The van der Waals surface area contributed by atoms with Crippen LogP contribution < -0.4 is 14.4 Å². The maximum atomic E-state index is 12.8. The summed E-state index contributed by atoms with van der Waals surface area (Å²) in [6, 6.07) is 14.3. The fourth-order valence-electron chi connectivity index (χ4n) is 3.36. The van der Waals surface area contributed by atoms with E-state index < -0.39 is 12.2 Å². The van der Waals surface area contributed by atoms with Crippen LogP contribution in [-0.4, -0.2) is 32.8 Å². The Hall–Kier alpha value is -3.46. The molecular formula is C22H20N4O4S. The van der Waals surface area contributed by atoms with Crippen molar-refractivity contribution < 1.29 is 19.1 Å². The molecule has 0 bridgehead atoms. The number of fused-ring (bicyclic) bond motifs is 3. The van der Waals surface area contributed by atoms with Crippen molar-refractivity contribution >= 4 is 29.3 Å². The van der Waals surface area contributed by atoms with Gasteiger partial charge in [-0.1, -0.05) is 49.0 Å². The van der Waals surface area contributed by atoms with Crippen molar-refractivity contribution in [1.82, 2.24) is 15.2 Å². The maximum Gasteiger partial charge on any atom is 0.308 e. The van der Waals surface area contributed by atoms with E-state index in [0.29, 0.717) is 33.4 Å². The van der Waals surface area contributed by atoms with Gasteiger partial charge in [-0.05, 0) is 24.0 Å². The number of esters is 1. The van der Waals surface area contributed by atoms with Gasteiger partial charge in [0.1, 0.15) is 5.75 Å². The van der Waals surface area contributed by atoms with E-state index in [9.17, 15) is 9.59 Å². The first-order valence-electron chi connectivity index (χ1n) is 9.69. The van der Waals surface area contributed by atoms with E-state index in [1.165, 1.54) is 30.5 Å². The van der Waals surface area contributed by atoms with Crippen LogP contribution in [0, 0.1) is 0 Å². The number of carbonyl (C=O) groups excluding carboxylic acids is 2. The van der Waals surface area contributed by atoms with Gasteiger partial charge in [0.05, 0.1) is 5.69 Å². The summed E-state index contributed by atoms with van der Waals surface area (Å²) in [7, 11) is 0. The van der Waals surface area contributed by atoms with Crippen LogP contribution in [0.25, 0.3) is 11.3 Å². The van der Waals surface area contributed by atoms with Crippen molar-refractivity contribution in [3.05, 3.63) is 54.1 Å². The number of hydrogen-bond acceptors (Lipinski definition) is 8. The lowest BCUT2D eigenvalue weighted by atomic mass is 10.1. The van der Waals surface area contributed by atoms with Crippen molar-refractivity contribution in [3.63, 3.8) is 0 Å². The Morgan fingerprint density at radius 2 is 1.94 bits per heavy atom. The van der Waals surface area contributed by atoms with Gasteiger partial charge in [0.25, 0.3) is 0 Å². The second kappa shape index (κ2) is 8.73. The highest BCUT2D eigenvalue weighted by atomic mass is 32.2. The average Bonchev–Trinajstić information content (AvgIpc) is 2.88. The molecule has 0 saturated carbocycles. The molecular weight excluding hydrogens is 416 g/mol. The zero-order valence-electron chi connectivity index (χ0n) is 17.2. The first-order chi connectivity index (χ1) is 15.0. The van der Waals surface area contributed by atoms with Gasteiger partial charge in [-0.25, -0.2) is 0 Å². The third-order valence-corrected chi connectivity index (χ3v) is 5.25. The SMILES string of the molecule is CCSc1nnc2c(n1)O[C@H](c1cccc(OC(C)=O)c1)N(C(C)=O)c1ccccc1-2. The molecule has 1 aliphatic rings. The predicted octanol–water partition coefficient (Wildman–Crippen LogP) is 4.02. The van der Waals surface area contributed by atoms with E-state index in [-0.39, 0.29) is 11.8 Å². The highest BCUT2D eigenvalue weighted by molar-refractivity contribution is 7.99. The first-order valence-corrected chi connectivity index (χ1v) is 10.7. The lowest BCUT2D eigenvalue weighted by molar-refractivity contribution is -0.131. The molecule has 0 saturated heterocycles. The molecule has 1 aromatic heterocycles. The predicted molar refractivity (Wildman–Crippen MR) is 116 cm³/mol. The van der Waals surface area contributed by atoms with Gasteiger partial charge in [-0.15, -0.1) is 10.2 Å². The van der Waals surface area contributed by atoms with Gasteiger partial charge >= 0.3 is 5.97 Å². The molecule has 158 valence electrons. The van der Waals surface area contributed by atoms with Crippen LogP contribution in [0.15, 0.2) is 53.7 Å². The summed E-state index contributed by atoms with van der Waals surface area (Å²) in [5.41, 5.74) is 2.41. The average molecular weight is 436 g/mol. The zero-order chi connectivity index (χ0) is 22.0. The Morgan fingerprint density at radius 3 is 2.68 bits per heavy atom. The summed E-state index contributed by atoms with van der Waals surface area (Å²) in [6.07, 6.45) is -0.841. The minimum Gasteiger partial charge on any atom is -0.447 e. The summed E-state index contributed by atoms with van der Waals surface area (Å²) in [6.45, 7) is 4.80. The molecule has 0 spiro atoms. The van der Waals surface area contributed by atoms with Crippen LogP contribution >= 0.6 is 11.8 Å². The molecule has 1 amide bonds. The van der Waals surface area contributed by atoms with E-state index in [0.717, 1.165) is 5.75 Å². The van der Waals surface area contributed by atoms with Crippen molar-refractivity contribution in [2.75, 3.05) is 10.7 Å². The highest BCUT2D eigenvalue weighted by Crippen LogP contribution is 2.43. The number of hydrogen-bond donors (Lipinski definition) is 0. The number of carbonyl (C=O) groups is 2. The summed E-state index contributed by atoms with van der Waals surface area (Å²) >= 11 is 1.45. The van der Waals surface area contributed by atoms with Crippen molar-refractivity contribution in [2.45, 2.75) is 32.2 Å². The van der Waals surface area contributed by atoms with Crippen molar-refractivity contribution in [2.24, 2.45) is 0 Å². The van der Waals surface area contributed by atoms with Crippen molar-refractivity contribution in [1.29, 1.82) is 0 Å². The largest absolute Gasteiger partial charge is 0.447 e. The van der Waals surface area contributed by atoms with Crippen LogP contribution in [0.3, 0.4) is 0 Å². The number of amides is 1. The topological polar surface area (TPSA) is 94.5 Å². The molecule has 8 nitrogen and oxygen atoms in total. The molecule has 0 aliphatic carbocycles. The summed E-state index contributed by atoms with van der Waals surface area (Å²) in [4.78, 5) is 30.3. The van der Waals surface area contributed by atoms with Gasteiger partial charge in [-0.2, -0.15) is 4.98 Å². The van der Waals surface area contributed by atoms with E-state index in [1.807, 2.05) is 31.2 Å². The number of thioether (sulfide) groups is 1. The van der Waals surface area contributed by atoms with Gasteiger partial charge in [-0.3, -0.25) is 14.5 Å². The number of anilines is 1. The fraction of sp³-hybridized carbons (Fsp3) is 0.227. The molecule has 2 heterocycles. The van der Waals surface area contributed by atoms with Gasteiger partial charge in [0.15, 0.2) is 5.69 Å². The van der Waals surface area contributed by atoms with Crippen LogP contribution in [-0.2, 0) is 9.59 Å². The highest BCUT2D eigenvalue weighted by Gasteiger charge is 2.34. The monoisotopic (exact) mass is 436 g/mol. The minimum absolute atomic E-state index is 0.223. The fourth-order valence-corrected chi connectivity index (χ4v) is 3.86. The maximum absolute atomic E-state index is 12.8. The molecule has 4 rings (SSSR count). The first kappa shape index (κ1) is 20.8.